The van der Waals surface area contributed by atoms with Crippen molar-refractivity contribution in [2.24, 2.45) is 5.92 Å². The standard InChI is InChI=1S/C20H26N2O/c1-12-8-15-11-21-18-13(2)4-5-14-9-16-20(23,10-12)19(15,17(14)18)6-7-22(16)3/h4-5,8,15-16,21,23H,6-7,9-11H2,1-3H3. The van der Waals surface area contributed by atoms with Crippen molar-refractivity contribution in [3.05, 3.63) is 40.5 Å². The molecule has 4 atom stereocenters. The number of benzene rings is 1. The zero-order valence-electron chi connectivity index (χ0n) is 14.3. The van der Waals surface area contributed by atoms with E-state index in [9.17, 15) is 5.11 Å². The predicted molar refractivity (Wildman–Crippen MR) is 92.9 cm³/mol. The lowest BCUT2D eigenvalue weighted by molar-refractivity contribution is -0.157. The van der Waals surface area contributed by atoms with E-state index in [1.54, 1.807) is 0 Å². The van der Waals surface area contributed by atoms with Crippen LogP contribution in [0.4, 0.5) is 5.69 Å². The van der Waals surface area contributed by atoms with Crippen LogP contribution in [0.1, 0.15) is 36.5 Å². The van der Waals surface area contributed by atoms with Gasteiger partial charge < -0.3 is 15.3 Å². The van der Waals surface area contributed by atoms with Crippen molar-refractivity contribution in [2.75, 3.05) is 25.5 Å². The number of aliphatic hydroxyl groups is 1. The largest absolute Gasteiger partial charge is 0.387 e. The van der Waals surface area contributed by atoms with Crippen LogP contribution in [-0.2, 0) is 11.8 Å². The minimum absolute atomic E-state index is 0.0934. The highest BCUT2D eigenvalue weighted by molar-refractivity contribution is 5.69. The molecule has 4 aliphatic rings. The normalized spacial score (nSPS) is 41.0. The molecule has 0 saturated carbocycles. The molecular formula is C20H26N2O. The molecule has 5 rings (SSSR count). The van der Waals surface area contributed by atoms with Crippen molar-refractivity contribution < 1.29 is 5.11 Å². The molecule has 2 N–H and O–H groups in total. The first-order valence-electron chi connectivity index (χ1n) is 8.94. The van der Waals surface area contributed by atoms with Crippen LogP contribution in [0, 0.1) is 12.8 Å². The molecule has 1 fully saturated rings. The number of hydrogen-bond acceptors (Lipinski definition) is 3. The van der Waals surface area contributed by atoms with Gasteiger partial charge in [-0.05, 0) is 63.4 Å². The molecule has 23 heavy (non-hydrogen) atoms. The third kappa shape index (κ3) is 1.44. The first-order chi connectivity index (χ1) is 11.0. The molecule has 1 saturated heterocycles. The summed E-state index contributed by atoms with van der Waals surface area (Å²) in [6, 6.07) is 4.81. The molecule has 122 valence electrons. The molecule has 0 aromatic heterocycles. The van der Waals surface area contributed by atoms with E-state index in [2.05, 4.69) is 49.3 Å². The summed E-state index contributed by atoms with van der Waals surface area (Å²) in [7, 11) is 2.19. The second-order valence-corrected chi connectivity index (χ2v) is 8.31. The number of nitrogens with one attached hydrogen (secondary N) is 1. The van der Waals surface area contributed by atoms with Crippen molar-refractivity contribution in [3.8, 4) is 0 Å². The van der Waals surface area contributed by atoms with E-state index < -0.39 is 5.60 Å². The zero-order chi connectivity index (χ0) is 16.0. The van der Waals surface area contributed by atoms with Crippen molar-refractivity contribution >= 4 is 5.69 Å². The topological polar surface area (TPSA) is 35.5 Å². The highest BCUT2D eigenvalue weighted by atomic mass is 16.3. The molecule has 3 heteroatoms. The molecule has 2 aliphatic carbocycles. The molecule has 2 heterocycles. The van der Waals surface area contributed by atoms with Crippen LogP contribution in [0.3, 0.4) is 0 Å². The Bertz CT molecular complexity index is 739. The second-order valence-electron chi connectivity index (χ2n) is 8.31. The van der Waals surface area contributed by atoms with Crippen LogP contribution < -0.4 is 5.32 Å². The second kappa shape index (κ2) is 4.20. The van der Waals surface area contributed by atoms with Gasteiger partial charge in [-0.1, -0.05) is 23.8 Å². The summed E-state index contributed by atoms with van der Waals surface area (Å²) in [5.41, 5.74) is 6.18. The third-order valence-corrected chi connectivity index (χ3v) is 7.24. The summed E-state index contributed by atoms with van der Waals surface area (Å²) in [4.78, 5) is 2.41. The maximum absolute atomic E-state index is 12.1. The molecule has 0 radical (unpaired) electrons. The van der Waals surface area contributed by atoms with E-state index in [1.807, 2.05) is 0 Å². The smallest absolute Gasteiger partial charge is 0.0945 e. The van der Waals surface area contributed by atoms with Crippen molar-refractivity contribution in [1.82, 2.24) is 4.90 Å². The Morgan fingerprint density at radius 2 is 2.13 bits per heavy atom. The summed E-state index contributed by atoms with van der Waals surface area (Å²) in [5, 5.41) is 15.8. The Hall–Kier alpha value is -1.32. The van der Waals surface area contributed by atoms with Gasteiger partial charge in [0, 0.05) is 29.6 Å². The Balaban J connectivity index is 1.88. The highest BCUT2D eigenvalue weighted by Gasteiger charge is 2.67. The Morgan fingerprint density at radius 1 is 1.30 bits per heavy atom. The van der Waals surface area contributed by atoms with E-state index in [1.165, 1.54) is 28.0 Å². The molecule has 4 unspecified atom stereocenters. The number of likely N-dealkylation sites (tertiary alicyclic amines) is 1. The zero-order valence-corrected chi connectivity index (χ0v) is 14.3. The average molecular weight is 310 g/mol. The number of hydrogen-bond donors (Lipinski definition) is 2. The number of aryl methyl sites for hydroxylation is 1. The van der Waals surface area contributed by atoms with E-state index in [4.69, 9.17) is 0 Å². The third-order valence-electron chi connectivity index (χ3n) is 7.24. The fourth-order valence-electron chi connectivity index (χ4n) is 6.30. The summed E-state index contributed by atoms with van der Waals surface area (Å²) in [6.45, 7) is 6.43. The van der Waals surface area contributed by atoms with Crippen molar-refractivity contribution in [1.29, 1.82) is 0 Å². The minimum Gasteiger partial charge on any atom is -0.387 e. The fraction of sp³-hybridized carbons (Fsp3) is 0.600. The number of likely N-dealkylation sites (N-methyl/N-ethyl adjacent to an activating group) is 1. The van der Waals surface area contributed by atoms with E-state index in [-0.39, 0.29) is 11.5 Å². The molecule has 2 bridgehead atoms. The Labute approximate surface area is 138 Å². The number of rotatable bonds is 0. The van der Waals surface area contributed by atoms with Crippen LogP contribution in [0.5, 0.6) is 0 Å². The van der Waals surface area contributed by atoms with Crippen LogP contribution in [0.2, 0.25) is 0 Å². The Morgan fingerprint density at radius 3 is 2.96 bits per heavy atom. The van der Waals surface area contributed by atoms with Crippen LogP contribution in [-0.4, -0.2) is 41.8 Å². The lowest BCUT2D eigenvalue weighted by Crippen LogP contribution is -2.75. The molecule has 0 amide bonds. The predicted octanol–water partition coefficient (Wildman–Crippen LogP) is 2.62. The van der Waals surface area contributed by atoms with E-state index in [0.717, 1.165) is 32.4 Å². The number of anilines is 1. The number of piperidine rings is 1. The van der Waals surface area contributed by atoms with Crippen molar-refractivity contribution in [3.63, 3.8) is 0 Å². The summed E-state index contributed by atoms with van der Waals surface area (Å²) >= 11 is 0. The highest BCUT2D eigenvalue weighted by Crippen LogP contribution is 2.62. The minimum atomic E-state index is -0.624. The van der Waals surface area contributed by atoms with Crippen molar-refractivity contribution in [2.45, 2.75) is 50.2 Å². The number of nitrogens with zero attached hydrogens (tertiary/aromatic N) is 1. The van der Waals surface area contributed by atoms with Gasteiger partial charge in [-0.15, -0.1) is 0 Å². The van der Waals surface area contributed by atoms with Gasteiger partial charge in [0.05, 0.1) is 5.60 Å². The van der Waals surface area contributed by atoms with Crippen LogP contribution in [0.15, 0.2) is 23.8 Å². The maximum Gasteiger partial charge on any atom is 0.0945 e. The van der Waals surface area contributed by atoms with Gasteiger partial charge in [0.15, 0.2) is 0 Å². The van der Waals surface area contributed by atoms with Gasteiger partial charge in [0.2, 0.25) is 0 Å². The van der Waals surface area contributed by atoms with Gasteiger partial charge in [-0.25, -0.2) is 0 Å². The molecular weight excluding hydrogens is 284 g/mol. The average Bonchev–Trinajstić information content (AvgIpc) is 2.49. The summed E-state index contributed by atoms with van der Waals surface area (Å²) in [5.74, 6) is 0.408. The Kier molecular flexibility index (Phi) is 2.57. The summed E-state index contributed by atoms with van der Waals surface area (Å²) in [6.07, 6.45) is 5.31. The molecule has 1 aromatic rings. The lowest BCUT2D eigenvalue weighted by atomic mass is 9.45. The molecule has 2 aliphatic heterocycles. The van der Waals surface area contributed by atoms with Gasteiger partial charge in [0.1, 0.15) is 0 Å². The lowest BCUT2D eigenvalue weighted by Gasteiger charge is -2.66. The van der Waals surface area contributed by atoms with Gasteiger partial charge in [-0.3, -0.25) is 0 Å². The van der Waals surface area contributed by atoms with E-state index >= 15 is 0 Å². The first-order valence-corrected chi connectivity index (χ1v) is 8.94. The molecule has 1 spiro atoms. The maximum atomic E-state index is 12.1. The summed E-state index contributed by atoms with van der Waals surface area (Å²) < 4.78 is 0. The van der Waals surface area contributed by atoms with Gasteiger partial charge in [-0.2, -0.15) is 0 Å². The fourth-order valence-corrected chi connectivity index (χ4v) is 6.30. The molecule has 3 nitrogen and oxygen atoms in total. The quantitative estimate of drug-likeness (QED) is 0.723. The SMILES string of the molecule is CC1=CC2CNc3c(C)ccc4c3C23CCN(C)C(C4)C3(O)C1. The van der Waals surface area contributed by atoms with Gasteiger partial charge >= 0.3 is 0 Å². The monoisotopic (exact) mass is 310 g/mol. The van der Waals surface area contributed by atoms with Crippen LogP contribution >= 0.6 is 0 Å². The van der Waals surface area contributed by atoms with Crippen LogP contribution in [0.25, 0.3) is 0 Å². The van der Waals surface area contributed by atoms with Gasteiger partial charge in [0.25, 0.3) is 0 Å². The molecule has 1 aromatic carbocycles. The van der Waals surface area contributed by atoms with E-state index in [0.29, 0.717) is 5.92 Å². The first kappa shape index (κ1) is 14.1.